The number of carbonyl (C=O) groups is 1. The quantitative estimate of drug-likeness (QED) is 0.803. The van der Waals surface area contributed by atoms with Gasteiger partial charge < -0.3 is 9.64 Å². The van der Waals surface area contributed by atoms with Gasteiger partial charge in [-0.15, -0.1) is 0 Å². The van der Waals surface area contributed by atoms with Crippen molar-refractivity contribution in [2.75, 3.05) is 7.11 Å². The van der Waals surface area contributed by atoms with Crippen molar-refractivity contribution in [3.8, 4) is 5.75 Å². The van der Waals surface area contributed by atoms with Crippen LogP contribution in [0.3, 0.4) is 0 Å². The molecule has 1 aromatic carbocycles. The molecule has 0 radical (unpaired) electrons. The van der Waals surface area contributed by atoms with Gasteiger partial charge in [0.1, 0.15) is 5.75 Å². The van der Waals surface area contributed by atoms with Crippen molar-refractivity contribution in [3.05, 3.63) is 29.8 Å². The second kappa shape index (κ2) is 6.43. The van der Waals surface area contributed by atoms with Crippen LogP contribution in [-0.2, 0) is 11.2 Å². The van der Waals surface area contributed by atoms with Crippen LogP contribution in [0, 0.1) is 0 Å². The van der Waals surface area contributed by atoms with E-state index in [1.807, 2.05) is 56.9 Å². The Bertz CT molecular complexity index is 374. The number of rotatable bonds is 5. The van der Waals surface area contributed by atoms with E-state index in [0.717, 1.165) is 11.3 Å². The largest absolute Gasteiger partial charge is 0.497 e. The summed E-state index contributed by atoms with van der Waals surface area (Å²) in [5, 5.41) is 0. The minimum atomic E-state index is 0.171. The molecular weight excluding hydrogens is 226 g/mol. The van der Waals surface area contributed by atoms with E-state index in [2.05, 4.69) is 0 Å². The Kier molecular flexibility index (Phi) is 5.20. The first-order valence-corrected chi connectivity index (χ1v) is 6.39. The summed E-state index contributed by atoms with van der Waals surface area (Å²) in [5.74, 6) is 0.987. The van der Waals surface area contributed by atoms with E-state index in [0.29, 0.717) is 6.42 Å². The zero-order valence-corrected chi connectivity index (χ0v) is 11.9. The lowest BCUT2D eigenvalue weighted by Crippen LogP contribution is -2.42. The first kappa shape index (κ1) is 14.6. The van der Waals surface area contributed by atoms with Crippen molar-refractivity contribution >= 4 is 5.91 Å². The summed E-state index contributed by atoms with van der Waals surface area (Å²) in [6.07, 6.45) is 0.445. The van der Waals surface area contributed by atoms with E-state index in [9.17, 15) is 4.79 Å². The lowest BCUT2D eigenvalue weighted by molar-refractivity contribution is -0.134. The highest BCUT2D eigenvalue weighted by Gasteiger charge is 2.19. The van der Waals surface area contributed by atoms with Gasteiger partial charge in [-0.05, 0) is 45.4 Å². The highest BCUT2D eigenvalue weighted by molar-refractivity contribution is 5.79. The van der Waals surface area contributed by atoms with E-state index in [1.165, 1.54) is 0 Å². The maximum Gasteiger partial charge on any atom is 0.227 e. The molecule has 0 bridgehead atoms. The minimum Gasteiger partial charge on any atom is -0.497 e. The molecule has 18 heavy (non-hydrogen) atoms. The SMILES string of the molecule is COc1ccc(CC(=O)N(C(C)C)C(C)C)cc1. The van der Waals surface area contributed by atoms with Gasteiger partial charge in [0.15, 0.2) is 0 Å². The van der Waals surface area contributed by atoms with Crippen molar-refractivity contribution in [3.63, 3.8) is 0 Å². The maximum absolute atomic E-state index is 12.2. The van der Waals surface area contributed by atoms with Crippen LogP contribution in [0.2, 0.25) is 0 Å². The molecule has 0 aliphatic carbocycles. The van der Waals surface area contributed by atoms with Crippen LogP contribution >= 0.6 is 0 Å². The Morgan fingerprint density at radius 2 is 1.61 bits per heavy atom. The van der Waals surface area contributed by atoms with E-state index < -0.39 is 0 Å². The third-order valence-electron chi connectivity index (χ3n) is 2.92. The summed E-state index contributed by atoms with van der Waals surface area (Å²) in [6.45, 7) is 8.19. The van der Waals surface area contributed by atoms with Gasteiger partial charge in [0.2, 0.25) is 5.91 Å². The Balaban J connectivity index is 2.73. The molecule has 0 aliphatic heterocycles. The summed E-state index contributed by atoms with van der Waals surface area (Å²) in [4.78, 5) is 14.2. The molecule has 1 aromatic rings. The molecule has 0 aromatic heterocycles. The summed E-state index contributed by atoms with van der Waals surface area (Å²) in [5.41, 5.74) is 1.02. The van der Waals surface area contributed by atoms with Gasteiger partial charge in [0.25, 0.3) is 0 Å². The van der Waals surface area contributed by atoms with Crippen molar-refractivity contribution in [2.45, 2.75) is 46.2 Å². The number of hydrogen-bond donors (Lipinski definition) is 0. The molecular formula is C15H23NO2. The zero-order chi connectivity index (χ0) is 13.7. The molecule has 100 valence electrons. The number of methoxy groups -OCH3 is 1. The number of hydrogen-bond acceptors (Lipinski definition) is 2. The molecule has 0 saturated carbocycles. The maximum atomic E-state index is 12.2. The Morgan fingerprint density at radius 1 is 1.11 bits per heavy atom. The van der Waals surface area contributed by atoms with Crippen LogP contribution in [0.1, 0.15) is 33.3 Å². The molecule has 0 fully saturated rings. The summed E-state index contributed by atoms with van der Waals surface area (Å²) >= 11 is 0. The fourth-order valence-electron chi connectivity index (χ4n) is 2.18. The van der Waals surface area contributed by atoms with Crippen LogP contribution in [0.25, 0.3) is 0 Å². The molecule has 1 amide bonds. The average Bonchev–Trinajstić information content (AvgIpc) is 2.28. The van der Waals surface area contributed by atoms with Crippen LogP contribution in [-0.4, -0.2) is 30.0 Å². The van der Waals surface area contributed by atoms with Crippen LogP contribution in [0.15, 0.2) is 24.3 Å². The van der Waals surface area contributed by atoms with Gasteiger partial charge in [0.05, 0.1) is 13.5 Å². The number of carbonyl (C=O) groups excluding carboxylic acids is 1. The molecule has 0 saturated heterocycles. The number of benzene rings is 1. The molecule has 0 N–H and O–H groups in total. The third-order valence-corrected chi connectivity index (χ3v) is 2.92. The fraction of sp³-hybridized carbons (Fsp3) is 0.533. The van der Waals surface area contributed by atoms with Gasteiger partial charge in [0, 0.05) is 12.1 Å². The first-order valence-electron chi connectivity index (χ1n) is 6.39. The molecule has 0 heterocycles. The van der Waals surface area contributed by atoms with Crippen molar-refractivity contribution < 1.29 is 9.53 Å². The molecule has 3 heteroatoms. The van der Waals surface area contributed by atoms with Crippen molar-refractivity contribution in [2.24, 2.45) is 0 Å². The van der Waals surface area contributed by atoms with Crippen molar-refractivity contribution in [1.82, 2.24) is 4.90 Å². The normalized spacial score (nSPS) is 10.8. The number of nitrogens with zero attached hydrogens (tertiary/aromatic N) is 1. The molecule has 1 rings (SSSR count). The number of amides is 1. The van der Waals surface area contributed by atoms with E-state index in [-0.39, 0.29) is 18.0 Å². The van der Waals surface area contributed by atoms with Crippen LogP contribution in [0.4, 0.5) is 0 Å². The second-order valence-electron chi connectivity index (χ2n) is 5.01. The van der Waals surface area contributed by atoms with Gasteiger partial charge in [-0.2, -0.15) is 0 Å². The minimum absolute atomic E-state index is 0.171. The van der Waals surface area contributed by atoms with E-state index in [1.54, 1.807) is 7.11 Å². The number of ether oxygens (including phenoxy) is 1. The smallest absolute Gasteiger partial charge is 0.227 e. The van der Waals surface area contributed by atoms with E-state index in [4.69, 9.17) is 4.74 Å². The first-order chi connectivity index (χ1) is 8.45. The molecule has 0 spiro atoms. The van der Waals surface area contributed by atoms with Gasteiger partial charge in [-0.3, -0.25) is 4.79 Å². The fourth-order valence-corrected chi connectivity index (χ4v) is 2.18. The predicted octanol–water partition coefficient (Wildman–Crippen LogP) is 2.88. The Hall–Kier alpha value is -1.51. The van der Waals surface area contributed by atoms with Crippen LogP contribution < -0.4 is 4.74 Å². The highest BCUT2D eigenvalue weighted by atomic mass is 16.5. The zero-order valence-electron chi connectivity index (χ0n) is 11.9. The lowest BCUT2D eigenvalue weighted by Gasteiger charge is -2.30. The predicted molar refractivity (Wildman–Crippen MR) is 73.8 cm³/mol. The molecule has 0 aliphatic rings. The average molecular weight is 249 g/mol. The summed E-state index contributed by atoms with van der Waals surface area (Å²) in [7, 11) is 1.64. The van der Waals surface area contributed by atoms with Crippen LogP contribution in [0.5, 0.6) is 5.75 Å². The molecule has 0 atom stereocenters. The van der Waals surface area contributed by atoms with Gasteiger partial charge >= 0.3 is 0 Å². The highest BCUT2D eigenvalue weighted by Crippen LogP contribution is 2.14. The monoisotopic (exact) mass is 249 g/mol. The third kappa shape index (κ3) is 3.76. The summed E-state index contributed by atoms with van der Waals surface area (Å²) < 4.78 is 5.10. The topological polar surface area (TPSA) is 29.5 Å². The summed E-state index contributed by atoms with van der Waals surface area (Å²) in [6, 6.07) is 8.12. The van der Waals surface area contributed by atoms with Crippen molar-refractivity contribution in [1.29, 1.82) is 0 Å². The Morgan fingerprint density at radius 3 is 2.00 bits per heavy atom. The van der Waals surface area contributed by atoms with Gasteiger partial charge in [-0.25, -0.2) is 0 Å². The second-order valence-corrected chi connectivity index (χ2v) is 5.01. The lowest BCUT2D eigenvalue weighted by atomic mass is 10.1. The molecule has 0 unspecified atom stereocenters. The van der Waals surface area contributed by atoms with E-state index >= 15 is 0 Å². The van der Waals surface area contributed by atoms with Gasteiger partial charge in [-0.1, -0.05) is 12.1 Å². The molecule has 3 nitrogen and oxygen atoms in total. The Labute approximate surface area is 110 Å². The standard InChI is InChI=1S/C15H23NO2/c1-11(2)16(12(3)4)15(17)10-13-6-8-14(18-5)9-7-13/h6-9,11-12H,10H2,1-5H3.